The van der Waals surface area contributed by atoms with E-state index in [0.29, 0.717) is 24.0 Å². The van der Waals surface area contributed by atoms with Crippen LogP contribution in [0, 0.1) is 5.92 Å². The van der Waals surface area contributed by atoms with Crippen molar-refractivity contribution in [1.29, 1.82) is 0 Å². The van der Waals surface area contributed by atoms with Gasteiger partial charge in [0.15, 0.2) is 11.0 Å². The van der Waals surface area contributed by atoms with E-state index >= 15 is 0 Å². The Labute approximate surface area is 258 Å². The predicted octanol–water partition coefficient (Wildman–Crippen LogP) is 7.28. The third-order valence-electron chi connectivity index (χ3n) is 7.17. The van der Waals surface area contributed by atoms with Crippen LogP contribution in [0.15, 0.2) is 84.1 Å². The maximum Gasteiger partial charge on any atom is 0.573 e. The number of urea groups is 1. The molecule has 8 nitrogen and oxygen atoms in total. The van der Waals surface area contributed by atoms with E-state index in [1.807, 2.05) is 36.4 Å². The topological polar surface area (TPSA) is 84.6 Å². The number of aromatic nitrogens is 3. The Kier molecular flexibility index (Phi) is 9.89. The molecule has 1 saturated heterocycles. The van der Waals surface area contributed by atoms with Gasteiger partial charge in [-0.3, -0.25) is 0 Å². The summed E-state index contributed by atoms with van der Waals surface area (Å²) in [5, 5.41) is 8.14. The number of aryl methyl sites for hydroxylation is 1. The summed E-state index contributed by atoms with van der Waals surface area (Å²) in [7, 11) is 0. The van der Waals surface area contributed by atoms with E-state index in [-0.39, 0.29) is 11.8 Å². The number of carbonyl (C=O) groups is 1. The highest BCUT2D eigenvalue weighted by Crippen LogP contribution is 2.29. The number of hydrogen-bond donors (Lipinski definition) is 1. The number of amidine groups is 1. The molecule has 0 aliphatic carbocycles. The lowest BCUT2D eigenvalue weighted by molar-refractivity contribution is -0.274. The number of thioether (sulfide) groups is 1. The summed E-state index contributed by atoms with van der Waals surface area (Å²) >= 11 is 1.60. The summed E-state index contributed by atoms with van der Waals surface area (Å²) in [5.74, 6) is 1.44. The fraction of sp³-hybridized carbons (Fsp3) is 0.312. The van der Waals surface area contributed by atoms with Crippen molar-refractivity contribution in [2.75, 3.05) is 23.7 Å². The van der Waals surface area contributed by atoms with Gasteiger partial charge in [-0.2, -0.15) is 4.99 Å². The molecule has 0 bridgehead atoms. The van der Waals surface area contributed by atoms with E-state index in [4.69, 9.17) is 0 Å². The van der Waals surface area contributed by atoms with Gasteiger partial charge in [-0.05, 0) is 66.6 Å². The number of alkyl halides is 3. The molecule has 1 fully saturated rings. The van der Waals surface area contributed by atoms with E-state index in [1.54, 1.807) is 11.8 Å². The molecule has 4 aromatic rings. The van der Waals surface area contributed by atoms with Gasteiger partial charge in [-0.25, -0.2) is 14.5 Å². The minimum absolute atomic E-state index is 0.299. The Morgan fingerprint density at radius 2 is 1.84 bits per heavy atom. The van der Waals surface area contributed by atoms with Crippen LogP contribution in [0.25, 0.3) is 17.1 Å². The van der Waals surface area contributed by atoms with Crippen molar-refractivity contribution in [3.05, 3.63) is 90.3 Å². The summed E-state index contributed by atoms with van der Waals surface area (Å²) in [6.45, 7) is 5.65. The van der Waals surface area contributed by atoms with E-state index in [1.165, 1.54) is 40.8 Å². The standard InChI is InChI=1S/C32H33F3N6O2S/c1-3-24-6-4-5-7-28(24)40-18-19-44-31(40)38-30(42)36-17-16-22(2)20-23-8-10-25(11-9-23)29-37-21-41(39-29)26-12-14-27(15-13-26)43-32(33,34)35/h4-15,21-22H,3,16-20H2,1-2H3,(H,36,42)/b38-31-. The van der Waals surface area contributed by atoms with Gasteiger partial charge in [-0.1, -0.05) is 68.1 Å². The highest BCUT2D eigenvalue weighted by Gasteiger charge is 2.31. The second-order valence-corrected chi connectivity index (χ2v) is 11.5. The van der Waals surface area contributed by atoms with Crippen LogP contribution in [0.3, 0.4) is 0 Å². The van der Waals surface area contributed by atoms with Crippen LogP contribution in [-0.4, -0.2) is 51.2 Å². The first kappa shape index (κ1) is 31.1. The van der Waals surface area contributed by atoms with Gasteiger partial charge < -0.3 is 15.0 Å². The maximum atomic E-state index is 12.6. The lowest BCUT2D eigenvalue weighted by atomic mass is 9.97. The maximum absolute atomic E-state index is 12.6. The fourth-order valence-electron chi connectivity index (χ4n) is 4.96. The Balaban J connectivity index is 1.10. The monoisotopic (exact) mass is 622 g/mol. The van der Waals surface area contributed by atoms with Crippen molar-refractivity contribution < 1.29 is 22.7 Å². The number of nitrogens with zero attached hydrogens (tertiary/aromatic N) is 5. The first-order chi connectivity index (χ1) is 21.2. The largest absolute Gasteiger partial charge is 0.573 e. The van der Waals surface area contributed by atoms with Crippen LogP contribution in [0.2, 0.25) is 0 Å². The summed E-state index contributed by atoms with van der Waals surface area (Å²) in [4.78, 5) is 23.4. The third kappa shape index (κ3) is 8.19. The molecule has 1 aromatic heterocycles. The quantitative estimate of drug-likeness (QED) is 0.200. The molecule has 1 atom stereocenters. The normalized spacial score (nSPS) is 15.0. The lowest BCUT2D eigenvalue weighted by Crippen LogP contribution is -2.29. The van der Waals surface area contributed by atoms with Crippen molar-refractivity contribution in [3.63, 3.8) is 0 Å². The number of amides is 2. The van der Waals surface area contributed by atoms with Crippen LogP contribution in [-0.2, 0) is 12.8 Å². The zero-order chi connectivity index (χ0) is 31.1. The number of benzene rings is 3. The third-order valence-corrected chi connectivity index (χ3v) is 8.13. The first-order valence-electron chi connectivity index (χ1n) is 14.4. The van der Waals surface area contributed by atoms with Crippen LogP contribution >= 0.6 is 11.8 Å². The van der Waals surface area contributed by atoms with Gasteiger partial charge in [0.05, 0.1) is 5.69 Å². The number of rotatable bonds is 10. The van der Waals surface area contributed by atoms with Crippen LogP contribution in [0.4, 0.5) is 23.7 Å². The van der Waals surface area contributed by atoms with Crippen molar-refractivity contribution >= 4 is 28.6 Å². The first-order valence-corrected chi connectivity index (χ1v) is 15.4. The number of hydrogen-bond acceptors (Lipinski definition) is 5. The summed E-state index contributed by atoms with van der Waals surface area (Å²) < 4.78 is 42.6. The average Bonchev–Trinajstić information content (AvgIpc) is 3.67. The molecular formula is C32H33F3N6O2S. The average molecular weight is 623 g/mol. The fourth-order valence-corrected chi connectivity index (χ4v) is 5.91. The molecule has 1 unspecified atom stereocenters. The smallest absolute Gasteiger partial charge is 0.406 e. The van der Waals surface area contributed by atoms with E-state index in [2.05, 4.69) is 56.0 Å². The zero-order valence-electron chi connectivity index (χ0n) is 24.4. The Morgan fingerprint density at radius 3 is 2.57 bits per heavy atom. The number of para-hydroxylation sites is 1. The second kappa shape index (κ2) is 14.0. The molecule has 1 aliphatic heterocycles. The van der Waals surface area contributed by atoms with Crippen LogP contribution < -0.4 is 15.0 Å². The van der Waals surface area contributed by atoms with E-state index in [9.17, 15) is 18.0 Å². The lowest BCUT2D eigenvalue weighted by Gasteiger charge is -2.20. The second-order valence-electron chi connectivity index (χ2n) is 10.5. The summed E-state index contributed by atoms with van der Waals surface area (Å²) in [6, 6.07) is 21.3. The van der Waals surface area contributed by atoms with Crippen molar-refractivity contribution in [2.45, 2.75) is 39.5 Å². The van der Waals surface area contributed by atoms with Crippen LogP contribution in [0.1, 0.15) is 31.4 Å². The van der Waals surface area contributed by atoms with Gasteiger partial charge in [-0.15, -0.1) is 18.3 Å². The number of anilines is 1. The Morgan fingerprint density at radius 1 is 1.09 bits per heavy atom. The summed E-state index contributed by atoms with van der Waals surface area (Å²) in [6.07, 6.45) is -0.653. The Bertz CT molecular complexity index is 1590. The molecular weight excluding hydrogens is 589 g/mol. The molecule has 230 valence electrons. The van der Waals surface area contributed by atoms with E-state index in [0.717, 1.165) is 53.5 Å². The molecule has 1 N–H and O–H groups in total. The zero-order valence-corrected chi connectivity index (χ0v) is 25.2. The predicted molar refractivity (Wildman–Crippen MR) is 167 cm³/mol. The number of nitrogens with one attached hydrogen (secondary N) is 1. The molecule has 3 aromatic carbocycles. The number of aliphatic imine (C=N–C) groups is 1. The van der Waals surface area contributed by atoms with Crippen molar-refractivity contribution in [3.8, 4) is 22.8 Å². The highest BCUT2D eigenvalue weighted by atomic mass is 32.2. The van der Waals surface area contributed by atoms with Gasteiger partial charge in [0, 0.05) is 30.1 Å². The highest BCUT2D eigenvalue weighted by molar-refractivity contribution is 8.14. The molecule has 0 saturated carbocycles. The number of halogens is 3. The van der Waals surface area contributed by atoms with Crippen LogP contribution in [0.5, 0.6) is 5.75 Å². The number of carbonyl (C=O) groups excluding carboxylic acids is 1. The Hall–Kier alpha value is -4.32. The van der Waals surface area contributed by atoms with Gasteiger partial charge in [0.25, 0.3) is 0 Å². The van der Waals surface area contributed by atoms with Gasteiger partial charge >= 0.3 is 12.4 Å². The van der Waals surface area contributed by atoms with E-state index < -0.39 is 6.36 Å². The molecule has 0 radical (unpaired) electrons. The molecule has 0 spiro atoms. The minimum Gasteiger partial charge on any atom is -0.406 e. The molecule has 12 heteroatoms. The van der Waals surface area contributed by atoms with Gasteiger partial charge in [0.2, 0.25) is 0 Å². The van der Waals surface area contributed by atoms with Gasteiger partial charge in [0.1, 0.15) is 12.1 Å². The molecule has 44 heavy (non-hydrogen) atoms. The van der Waals surface area contributed by atoms with Crippen molar-refractivity contribution in [1.82, 2.24) is 20.1 Å². The number of ether oxygens (including phenoxy) is 1. The minimum atomic E-state index is -4.74. The molecule has 5 rings (SSSR count). The summed E-state index contributed by atoms with van der Waals surface area (Å²) in [5.41, 5.74) is 4.89. The SMILES string of the molecule is CCc1ccccc1N1CCS/C1=N\C(=O)NCCC(C)Cc1ccc(-c2ncn(-c3ccc(OC(F)(F)F)cc3)n2)cc1. The molecule has 2 amide bonds. The van der Waals surface area contributed by atoms with Crippen molar-refractivity contribution in [2.24, 2.45) is 10.9 Å². The molecule has 2 heterocycles. The molecule has 1 aliphatic rings.